The molecule has 1 unspecified atom stereocenters. The molecule has 0 aromatic rings. The standard InChI is InChI=1S/C11H16F2O3/c1-2-16-9(14)11(12,13)10(15)7-5-3-4-6-8-10/h5,7,15H,2-4,6,8H2,1H3. The van der Waals surface area contributed by atoms with Gasteiger partial charge in [-0.05, 0) is 32.6 Å². The maximum Gasteiger partial charge on any atom is 0.380 e. The van der Waals surface area contributed by atoms with Crippen LogP contribution in [0.3, 0.4) is 0 Å². The van der Waals surface area contributed by atoms with Crippen molar-refractivity contribution in [3.63, 3.8) is 0 Å². The third-order valence-electron chi connectivity index (χ3n) is 2.65. The highest BCUT2D eigenvalue weighted by Crippen LogP contribution is 2.37. The molecule has 0 radical (unpaired) electrons. The van der Waals surface area contributed by atoms with E-state index in [0.717, 1.165) is 12.5 Å². The number of esters is 1. The van der Waals surface area contributed by atoms with Crippen molar-refractivity contribution in [3.05, 3.63) is 12.2 Å². The SMILES string of the molecule is CCOC(=O)C(F)(F)C1(O)C=CCCCC1. The monoisotopic (exact) mass is 234 g/mol. The summed E-state index contributed by atoms with van der Waals surface area (Å²) >= 11 is 0. The minimum Gasteiger partial charge on any atom is -0.461 e. The van der Waals surface area contributed by atoms with E-state index in [1.165, 1.54) is 13.0 Å². The normalized spacial score (nSPS) is 26.2. The maximum atomic E-state index is 13.7. The van der Waals surface area contributed by atoms with E-state index in [0.29, 0.717) is 12.8 Å². The minimum absolute atomic E-state index is 0.130. The van der Waals surface area contributed by atoms with Crippen LogP contribution in [-0.4, -0.2) is 29.2 Å². The molecule has 0 bridgehead atoms. The van der Waals surface area contributed by atoms with Gasteiger partial charge < -0.3 is 9.84 Å². The molecule has 0 spiro atoms. The summed E-state index contributed by atoms with van der Waals surface area (Å²) in [5.74, 6) is -5.55. The average molecular weight is 234 g/mol. The molecule has 16 heavy (non-hydrogen) atoms. The zero-order chi connectivity index (χ0) is 12.2. The van der Waals surface area contributed by atoms with E-state index in [9.17, 15) is 18.7 Å². The Hall–Kier alpha value is -0.970. The van der Waals surface area contributed by atoms with Crippen LogP contribution in [0, 0.1) is 0 Å². The summed E-state index contributed by atoms with van der Waals surface area (Å²) in [6.07, 6.45) is 4.21. The molecule has 1 aliphatic rings. The fourth-order valence-corrected chi connectivity index (χ4v) is 1.68. The van der Waals surface area contributed by atoms with Gasteiger partial charge in [0.15, 0.2) is 5.60 Å². The van der Waals surface area contributed by atoms with Crippen LogP contribution in [0.2, 0.25) is 0 Å². The van der Waals surface area contributed by atoms with E-state index in [1.54, 1.807) is 0 Å². The molecule has 0 aromatic heterocycles. The Morgan fingerprint density at radius 1 is 1.56 bits per heavy atom. The number of rotatable bonds is 3. The number of hydrogen-bond donors (Lipinski definition) is 1. The summed E-state index contributed by atoms with van der Waals surface area (Å²) in [6, 6.07) is 0. The smallest absolute Gasteiger partial charge is 0.380 e. The fourth-order valence-electron chi connectivity index (χ4n) is 1.68. The van der Waals surface area contributed by atoms with Crippen LogP contribution in [0.25, 0.3) is 0 Å². The minimum atomic E-state index is -3.89. The quantitative estimate of drug-likeness (QED) is 0.600. The van der Waals surface area contributed by atoms with Crippen LogP contribution in [0.4, 0.5) is 8.78 Å². The first-order valence-corrected chi connectivity index (χ1v) is 5.39. The third kappa shape index (κ3) is 2.40. The van der Waals surface area contributed by atoms with Crippen LogP contribution >= 0.6 is 0 Å². The molecule has 1 N–H and O–H groups in total. The van der Waals surface area contributed by atoms with E-state index in [-0.39, 0.29) is 13.0 Å². The molecular weight excluding hydrogens is 218 g/mol. The lowest BCUT2D eigenvalue weighted by atomic mass is 9.90. The molecule has 92 valence electrons. The van der Waals surface area contributed by atoms with Crippen molar-refractivity contribution >= 4 is 5.97 Å². The predicted octanol–water partition coefficient (Wildman–Crippen LogP) is 2.05. The second kappa shape index (κ2) is 4.91. The molecule has 0 heterocycles. The van der Waals surface area contributed by atoms with Gasteiger partial charge in [-0.3, -0.25) is 0 Å². The predicted molar refractivity (Wildman–Crippen MR) is 54.1 cm³/mol. The van der Waals surface area contributed by atoms with E-state index in [1.807, 2.05) is 0 Å². The molecule has 0 aromatic carbocycles. The van der Waals surface area contributed by atoms with Crippen molar-refractivity contribution in [1.82, 2.24) is 0 Å². The summed E-state index contributed by atoms with van der Waals surface area (Å²) in [7, 11) is 0. The summed E-state index contributed by atoms with van der Waals surface area (Å²) < 4.78 is 31.6. The summed E-state index contributed by atoms with van der Waals surface area (Å²) in [5.41, 5.74) is -2.41. The number of ether oxygens (including phenoxy) is 1. The fraction of sp³-hybridized carbons (Fsp3) is 0.727. The van der Waals surface area contributed by atoms with Crippen LogP contribution < -0.4 is 0 Å². The van der Waals surface area contributed by atoms with Gasteiger partial charge >= 0.3 is 11.9 Å². The molecule has 3 nitrogen and oxygen atoms in total. The van der Waals surface area contributed by atoms with Crippen LogP contribution in [0.15, 0.2) is 12.2 Å². The maximum absolute atomic E-state index is 13.7. The summed E-state index contributed by atoms with van der Waals surface area (Å²) in [6.45, 7) is 1.31. The Morgan fingerprint density at radius 3 is 2.88 bits per heavy atom. The molecule has 1 atom stereocenters. The van der Waals surface area contributed by atoms with Crippen molar-refractivity contribution < 1.29 is 23.4 Å². The Morgan fingerprint density at radius 2 is 2.25 bits per heavy atom. The van der Waals surface area contributed by atoms with Gasteiger partial charge in [0, 0.05) is 0 Å². The number of carbonyl (C=O) groups is 1. The molecule has 0 saturated heterocycles. The van der Waals surface area contributed by atoms with E-state index < -0.39 is 17.5 Å². The molecular formula is C11H16F2O3. The largest absolute Gasteiger partial charge is 0.461 e. The number of allylic oxidation sites excluding steroid dienone is 1. The highest BCUT2D eigenvalue weighted by Gasteiger charge is 2.58. The van der Waals surface area contributed by atoms with Crippen molar-refractivity contribution in [2.75, 3.05) is 6.61 Å². The average Bonchev–Trinajstić information content (AvgIpc) is 2.44. The van der Waals surface area contributed by atoms with E-state index in [2.05, 4.69) is 4.74 Å². The number of alkyl halides is 2. The number of hydrogen-bond acceptors (Lipinski definition) is 3. The molecule has 1 aliphatic carbocycles. The van der Waals surface area contributed by atoms with E-state index >= 15 is 0 Å². The lowest BCUT2D eigenvalue weighted by Gasteiger charge is -2.30. The van der Waals surface area contributed by atoms with Gasteiger partial charge in [0.1, 0.15) is 0 Å². The van der Waals surface area contributed by atoms with Crippen LogP contribution in [0.5, 0.6) is 0 Å². The van der Waals surface area contributed by atoms with Gasteiger partial charge in [-0.25, -0.2) is 4.79 Å². The van der Waals surface area contributed by atoms with Gasteiger partial charge in [-0.15, -0.1) is 0 Å². The first-order valence-electron chi connectivity index (χ1n) is 5.39. The second-order valence-corrected chi connectivity index (χ2v) is 3.87. The molecule has 0 aliphatic heterocycles. The molecule has 0 saturated carbocycles. The Labute approximate surface area is 93.1 Å². The Kier molecular flexibility index (Phi) is 4.02. The Bertz CT molecular complexity index is 289. The zero-order valence-corrected chi connectivity index (χ0v) is 9.21. The van der Waals surface area contributed by atoms with Crippen molar-refractivity contribution in [1.29, 1.82) is 0 Å². The van der Waals surface area contributed by atoms with Crippen LogP contribution in [0.1, 0.15) is 32.6 Å². The first-order chi connectivity index (χ1) is 7.44. The lowest BCUT2D eigenvalue weighted by molar-refractivity contribution is -0.203. The van der Waals surface area contributed by atoms with Gasteiger partial charge in [-0.2, -0.15) is 8.78 Å². The molecule has 0 amide bonds. The van der Waals surface area contributed by atoms with Crippen molar-refractivity contribution in [2.45, 2.75) is 44.1 Å². The lowest BCUT2D eigenvalue weighted by Crippen LogP contribution is -2.52. The van der Waals surface area contributed by atoms with E-state index in [4.69, 9.17) is 0 Å². The van der Waals surface area contributed by atoms with Gasteiger partial charge in [0.2, 0.25) is 0 Å². The zero-order valence-electron chi connectivity index (χ0n) is 9.21. The number of aliphatic hydroxyl groups is 1. The van der Waals surface area contributed by atoms with Gasteiger partial charge in [-0.1, -0.05) is 12.2 Å². The molecule has 1 rings (SSSR count). The topological polar surface area (TPSA) is 46.5 Å². The summed E-state index contributed by atoms with van der Waals surface area (Å²) in [5, 5.41) is 9.84. The highest BCUT2D eigenvalue weighted by atomic mass is 19.3. The van der Waals surface area contributed by atoms with Crippen LogP contribution in [-0.2, 0) is 9.53 Å². The number of halogens is 2. The Balaban J connectivity index is 2.90. The van der Waals surface area contributed by atoms with Crippen molar-refractivity contribution in [3.8, 4) is 0 Å². The number of carbonyl (C=O) groups excluding carboxylic acids is 1. The first kappa shape index (κ1) is 13.1. The van der Waals surface area contributed by atoms with Gasteiger partial charge in [0.05, 0.1) is 6.61 Å². The van der Waals surface area contributed by atoms with Gasteiger partial charge in [0.25, 0.3) is 0 Å². The third-order valence-corrected chi connectivity index (χ3v) is 2.65. The molecule has 5 heteroatoms. The summed E-state index contributed by atoms with van der Waals surface area (Å²) in [4.78, 5) is 11.1. The second-order valence-electron chi connectivity index (χ2n) is 3.87. The molecule has 0 fully saturated rings. The van der Waals surface area contributed by atoms with Crippen molar-refractivity contribution in [2.24, 2.45) is 0 Å². The highest BCUT2D eigenvalue weighted by molar-refractivity contribution is 5.79.